The maximum Gasteiger partial charge on any atom is 0.349 e. The molecule has 1 amide bonds. The number of esters is 1. The van der Waals surface area contributed by atoms with E-state index in [1.165, 1.54) is 36.4 Å². The number of hydrogen-bond donors (Lipinski definition) is 1. The number of amides is 1. The number of primary amides is 1. The van der Waals surface area contributed by atoms with Crippen LogP contribution in [0.2, 0.25) is 10.0 Å². The molecule has 1 heterocycles. The molecule has 1 aromatic heterocycles. The molecule has 27 heavy (non-hydrogen) atoms. The van der Waals surface area contributed by atoms with Gasteiger partial charge in [0.2, 0.25) is 0 Å². The van der Waals surface area contributed by atoms with E-state index in [9.17, 15) is 14.4 Å². The smallest absolute Gasteiger partial charge is 0.349 e. The molecule has 138 valence electrons. The van der Waals surface area contributed by atoms with Gasteiger partial charge in [-0.25, -0.2) is 9.59 Å². The minimum Gasteiger partial charge on any atom is -0.480 e. The van der Waals surface area contributed by atoms with E-state index in [-0.39, 0.29) is 27.7 Å². The van der Waals surface area contributed by atoms with Gasteiger partial charge in [0.1, 0.15) is 22.6 Å². The van der Waals surface area contributed by atoms with E-state index in [1.807, 2.05) is 0 Å². The molecule has 0 unspecified atom stereocenters. The highest BCUT2D eigenvalue weighted by Gasteiger charge is 2.13. The van der Waals surface area contributed by atoms with Gasteiger partial charge >= 0.3 is 11.6 Å². The summed E-state index contributed by atoms with van der Waals surface area (Å²) in [7, 11) is 0. The number of rotatable bonds is 5. The van der Waals surface area contributed by atoms with Gasteiger partial charge in [-0.3, -0.25) is 4.79 Å². The van der Waals surface area contributed by atoms with Crippen molar-refractivity contribution in [1.82, 2.24) is 0 Å². The summed E-state index contributed by atoms with van der Waals surface area (Å²) in [5.74, 6) is -1.18. The number of hydrogen-bond acceptors (Lipinski definition) is 6. The first-order chi connectivity index (χ1) is 12.8. The summed E-state index contributed by atoms with van der Waals surface area (Å²) in [6.07, 6.45) is 0. The molecule has 0 radical (unpaired) electrons. The van der Waals surface area contributed by atoms with Crippen LogP contribution in [0, 0.1) is 0 Å². The van der Waals surface area contributed by atoms with Crippen LogP contribution in [0.3, 0.4) is 0 Å². The van der Waals surface area contributed by atoms with Crippen molar-refractivity contribution in [3.63, 3.8) is 0 Å². The fraction of sp³-hybridized carbons (Fsp3) is 0.0556. The molecule has 7 nitrogen and oxygen atoms in total. The molecule has 0 bridgehead atoms. The zero-order valence-corrected chi connectivity index (χ0v) is 15.0. The first-order valence-corrected chi connectivity index (χ1v) is 8.25. The normalized spacial score (nSPS) is 10.6. The number of fused-ring (bicyclic) bond motifs is 1. The predicted molar refractivity (Wildman–Crippen MR) is 98.6 cm³/mol. The number of benzene rings is 2. The highest BCUT2D eigenvalue weighted by atomic mass is 35.5. The first kappa shape index (κ1) is 18.8. The SMILES string of the molecule is NC(=O)c1cc2ccc(OC(=O)COc3ccc(Cl)cc3Cl)cc2oc1=O. The summed E-state index contributed by atoms with van der Waals surface area (Å²) >= 11 is 11.7. The first-order valence-electron chi connectivity index (χ1n) is 7.50. The summed E-state index contributed by atoms with van der Waals surface area (Å²) in [5.41, 5.74) is 4.10. The fourth-order valence-electron chi connectivity index (χ4n) is 2.22. The van der Waals surface area contributed by atoms with Crippen LogP contribution in [0.5, 0.6) is 11.5 Å². The largest absolute Gasteiger partial charge is 0.480 e. The van der Waals surface area contributed by atoms with Gasteiger partial charge in [-0.2, -0.15) is 0 Å². The zero-order chi connectivity index (χ0) is 19.6. The Bertz CT molecular complexity index is 1110. The minimum absolute atomic E-state index is 0.133. The van der Waals surface area contributed by atoms with Crippen LogP contribution in [0.4, 0.5) is 0 Å². The Labute approximate surface area is 162 Å². The molecule has 3 aromatic rings. The summed E-state index contributed by atoms with van der Waals surface area (Å²) in [6.45, 7) is -0.399. The van der Waals surface area contributed by atoms with Crippen LogP contribution in [-0.2, 0) is 4.79 Å². The van der Waals surface area contributed by atoms with Crippen molar-refractivity contribution >= 4 is 46.0 Å². The molecule has 2 N–H and O–H groups in total. The molecule has 0 aliphatic carbocycles. The Kier molecular flexibility index (Phi) is 5.34. The summed E-state index contributed by atoms with van der Waals surface area (Å²) < 4.78 is 15.4. The molecule has 0 fully saturated rings. The van der Waals surface area contributed by atoms with Crippen molar-refractivity contribution < 1.29 is 23.5 Å². The molecule has 0 saturated carbocycles. The van der Waals surface area contributed by atoms with Gasteiger partial charge in [-0.15, -0.1) is 0 Å². The lowest BCUT2D eigenvalue weighted by Gasteiger charge is -2.08. The van der Waals surface area contributed by atoms with Crippen LogP contribution in [0.15, 0.2) is 51.7 Å². The van der Waals surface area contributed by atoms with Crippen LogP contribution >= 0.6 is 23.2 Å². The average molecular weight is 408 g/mol. The van der Waals surface area contributed by atoms with E-state index in [0.717, 1.165) is 0 Å². The predicted octanol–water partition coefficient (Wildman–Crippen LogP) is 3.18. The number of carbonyl (C=O) groups excluding carboxylic acids is 2. The van der Waals surface area contributed by atoms with Crippen LogP contribution in [0.25, 0.3) is 11.0 Å². The monoisotopic (exact) mass is 407 g/mol. The number of halogens is 2. The minimum atomic E-state index is -0.890. The Morgan fingerprint density at radius 3 is 2.56 bits per heavy atom. The van der Waals surface area contributed by atoms with Gasteiger partial charge in [0, 0.05) is 16.5 Å². The van der Waals surface area contributed by atoms with Crippen molar-refractivity contribution in [2.75, 3.05) is 6.61 Å². The van der Waals surface area contributed by atoms with E-state index in [0.29, 0.717) is 10.4 Å². The molecule has 3 rings (SSSR count). The molecular weight excluding hydrogens is 397 g/mol. The van der Waals surface area contributed by atoms with Crippen molar-refractivity contribution in [3.8, 4) is 11.5 Å². The van der Waals surface area contributed by atoms with E-state index >= 15 is 0 Å². The van der Waals surface area contributed by atoms with Crippen molar-refractivity contribution in [1.29, 1.82) is 0 Å². The molecular formula is C18H11Cl2NO6. The Hall–Kier alpha value is -3.03. The van der Waals surface area contributed by atoms with E-state index in [1.54, 1.807) is 6.07 Å². The van der Waals surface area contributed by atoms with Crippen molar-refractivity contribution in [3.05, 3.63) is 68.5 Å². The standard InChI is InChI=1S/C18H11Cl2NO6/c19-10-2-4-14(13(20)6-10)25-8-16(22)26-11-3-1-9-5-12(17(21)23)18(24)27-15(9)7-11/h1-7H,8H2,(H2,21,23). The zero-order valence-electron chi connectivity index (χ0n) is 13.5. The highest BCUT2D eigenvalue weighted by molar-refractivity contribution is 6.35. The second kappa shape index (κ2) is 7.69. The van der Waals surface area contributed by atoms with Crippen LogP contribution in [-0.4, -0.2) is 18.5 Å². The maximum absolute atomic E-state index is 11.9. The average Bonchev–Trinajstić information content (AvgIpc) is 2.60. The molecule has 2 aromatic carbocycles. The Balaban J connectivity index is 1.72. The van der Waals surface area contributed by atoms with Gasteiger partial charge in [-0.05, 0) is 36.4 Å². The molecule has 0 aliphatic heterocycles. The number of nitrogens with two attached hydrogens (primary N) is 1. The third-order valence-corrected chi connectivity index (χ3v) is 3.97. The molecule has 9 heteroatoms. The van der Waals surface area contributed by atoms with Crippen molar-refractivity contribution in [2.45, 2.75) is 0 Å². The number of ether oxygens (including phenoxy) is 2. The molecule has 0 saturated heterocycles. The van der Waals surface area contributed by atoms with Gasteiger partial charge in [0.25, 0.3) is 5.91 Å². The lowest BCUT2D eigenvalue weighted by molar-refractivity contribution is -0.136. The van der Waals surface area contributed by atoms with Gasteiger partial charge < -0.3 is 19.6 Å². The third-order valence-electron chi connectivity index (χ3n) is 3.44. The van der Waals surface area contributed by atoms with E-state index < -0.39 is 24.1 Å². The highest BCUT2D eigenvalue weighted by Crippen LogP contribution is 2.27. The topological polar surface area (TPSA) is 109 Å². The third kappa shape index (κ3) is 4.39. The second-order valence-corrected chi connectivity index (χ2v) is 6.19. The maximum atomic E-state index is 11.9. The van der Waals surface area contributed by atoms with E-state index in [4.69, 9.17) is 42.8 Å². The van der Waals surface area contributed by atoms with Gasteiger partial charge in [0.15, 0.2) is 6.61 Å². The fourth-order valence-corrected chi connectivity index (χ4v) is 2.68. The Morgan fingerprint density at radius 1 is 1.07 bits per heavy atom. The lowest BCUT2D eigenvalue weighted by Crippen LogP contribution is -2.20. The summed E-state index contributed by atoms with van der Waals surface area (Å²) in [4.78, 5) is 34.8. The quantitative estimate of drug-likeness (QED) is 0.395. The lowest BCUT2D eigenvalue weighted by atomic mass is 10.2. The van der Waals surface area contributed by atoms with Gasteiger partial charge in [-0.1, -0.05) is 23.2 Å². The van der Waals surface area contributed by atoms with Crippen molar-refractivity contribution in [2.24, 2.45) is 5.73 Å². The second-order valence-electron chi connectivity index (χ2n) is 5.35. The van der Waals surface area contributed by atoms with E-state index in [2.05, 4.69) is 0 Å². The molecule has 0 aliphatic rings. The molecule has 0 atom stereocenters. The van der Waals surface area contributed by atoms with Gasteiger partial charge in [0.05, 0.1) is 5.02 Å². The number of carbonyl (C=O) groups is 2. The summed E-state index contributed by atoms with van der Waals surface area (Å²) in [6, 6.07) is 10.2. The van der Waals surface area contributed by atoms with Crippen LogP contribution in [0.1, 0.15) is 10.4 Å². The van der Waals surface area contributed by atoms with Crippen LogP contribution < -0.4 is 20.8 Å². The molecule has 0 spiro atoms. The Morgan fingerprint density at radius 2 is 1.85 bits per heavy atom. The summed E-state index contributed by atoms with van der Waals surface area (Å²) in [5, 5.41) is 1.15.